The van der Waals surface area contributed by atoms with Crippen LogP contribution in [0.15, 0.2) is 27.1 Å². The van der Waals surface area contributed by atoms with E-state index in [2.05, 4.69) is 4.98 Å². The summed E-state index contributed by atoms with van der Waals surface area (Å²) < 4.78 is 1.15. The van der Waals surface area contributed by atoms with E-state index in [4.69, 9.17) is 11.6 Å². The maximum atomic E-state index is 11.8. The first-order chi connectivity index (χ1) is 7.59. The lowest BCUT2D eigenvalue weighted by atomic mass is 10.3. The van der Waals surface area contributed by atoms with Crippen molar-refractivity contribution in [1.29, 1.82) is 0 Å². The summed E-state index contributed by atoms with van der Waals surface area (Å²) in [6, 6.07) is 3.75. The highest BCUT2D eigenvalue weighted by molar-refractivity contribution is 7.09. The van der Waals surface area contributed by atoms with Gasteiger partial charge < -0.3 is 0 Å². The van der Waals surface area contributed by atoms with E-state index in [1.54, 1.807) is 6.92 Å². The summed E-state index contributed by atoms with van der Waals surface area (Å²) in [6.45, 7) is 1.87. The SMILES string of the molecule is Cc1c(Cl)[nH]c(=O)n(Cc2cccs2)c1=O. The van der Waals surface area contributed by atoms with Gasteiger partial charge in [0.25, 0.3) is 5.56 Å². The predicted molar refractivity (Wildman–Crippen MR) is 64.5 cm³/mol. The minimum atomic E-state index is -0.478. The zero-order valence-corrected chi connectivity index (χ0v) is 10.1. The number of nitrogens with one attached hydrogen (secondary N) is 1. The molecule has 0 atom stereocenters. The Morgan fingerprint density at radius 2 is 2.25 bits per heavy atom. The van der Waals surface area contributed by atoms with Crippen LogP contribution in [-0.4, -0.2) is 9.55 Å². The van der Waals surface area contributed by atoms with Gasteiger partial charge in [-0.25, -0.2) is 4.79 Å². The quantitative estimate of drug-likeness (QED) is 0.830. The Hall–Kier alpha value is -1.33. The topological polar surface area (TPSA) is 54.9 Å². The molecule has 2 aromatic heterocycles. The molecule has 6 heteroatoms. The van der Waals surface area contributed by atoms with Crippen molar-refractivity contribution in [2.24, 2.45) is 0 Å². The van der Waals surface area contributed by atoms with Gasteiger partial charge >= 0.3 is 5.69 Å². The third kappa shape index (κ3) is 1.96. The highest BCUT2D eigenvalue weighted by atomic mass is 35.5. The minimum absolute atomic E-state index is 0.109. The van der Waals surface area contributed by atoms with Crippen LogP contribution in [0.3, 0.4) is 0 Å². The van der Waals surface area contributed by atoms with Crippen LogP contribution in [0.1, 0.15) is 10.4 Å². The third-order valence-corrected chi connectivity index (χ3v) is 3.49. The second-order valence-electron chi connectivity index (χ2n) is 3.34. The first-order valence-electron chi connectivity index (χ1n) is 4.61. The molecule has 0 unspecified atom stereocenters. The normalized spacial score (nSPS) is 10.6. The number of aromatic nitrogens is 2. The molecule has 0 spiro atoms. The molecule has 2 rings (SSSR count). The van der Waals surface area contributed by atoms with Crippen LogP contribution in [0, 0.1) is 6.92 Å². The number of halogens is 1. The molecule has 16 heavy (non-hydrogen) atoms. The Bertz CT molecular complexity index is 613. The molecule has 0 radical (unpaired) electrons. The van der Waals surface area contributed by atoms with E-state index in [9.17, 15) is 9.59 Å². The average Bonchev–Trinajstić information content (AvgIpc) is 2.74. The Labute approximate surface area is 100 Å². The summed E-state index contributed by atoms with van der Waals surface area (Å²) in [5.74, 6) is 0. The van der Waals surface area contributed by atoms with E-state index in [1.807, 2.05) is 17.5 Å². The predicted octanol–water partition coefficient (Wildman–Crippen LogP) is 1.61. The Balaban J connectivity index is 2.54. The molecule has 0 fully saturated rings. The van der Waals surface area contributed by atoms with Crippen molar-refractivity contribution in [3.63, 3.8) is 0 Å². The van der Waals surface area contributed by atoms with Crippen LogP contribution < -0.4 is 11.2 Å². The molecule has 1 N–H and O–H groups in total. The maximum Gasteiger partial charge on any atom is 0.329 e. The molecule has 0 aliphatic rings. The van der Waals surface area contributed by atoms with Crippen molar-refractivity contribution in [3.05, 3.63) is 53.9 Å². The maximum absolute atomic E-state index is 11.8. The van der Waals surface area contributed by atoms with Crippen LogP contribution in [0.5, 0.6) is 0 Å². The molecule has 4 nitrogen and oxygen atoms in total. The van der Waals surface area contributed by atoms with Gasteiger partial charge in [-0.05, 0) is 18.4 Å². The molecule has 0 saturated carbocycles. The van der Waals surface area contributed by atoms with Gasteiger partial charge in [-0.15, -0.1) is 11.3 Å². The van der Waals surface area contributed by atoms with Crippen molar-refractivity contribution >= 4 is 22.9 Å². The van der Waals surface area contributed by atoms with Gasteiger partial charge in [-0.2, -0.15) is 0 Å². The zero-order chi connectivity index (χ0) is 11.7. The van der Waals surface area contributed by atoms with Crippen LogP contribution in [-0.2, 0) is 6.54 Å². The molecule has 2 aromatic rings. The highest BCUT2D eigenvalue weighted by Gasteiger charge is 2.09. The van der Waals surface area contributed by atoms with Gasteiger partial charge in [0.05, 0.1) is 6.54 Å². The van der Waals surface area contributed by atoms with Gasteiger partial charge in [-0.1, -0.05) is 17.7 Å². The Kier molecular flexibility index (Phi) is 2.98. The summed E-state index contributed by atoms with van der Waals surface area (Å²) in [5.41, 5.74) is -0.464. The fourth-order valence-electron chi connectivity index (χ4n) is 1.35. The van der Waals surface area contributed by atoms with Crippen molar-refractivity contribution in [3.8, 4) is 0 Å². The first-order valence-corrected chi connectivity index (χ1v) is 5.87. The largest absolute Gasteiger partial charge is 0.329 e. The molecule has 0 aliphatic carbocycles. The summed E-state index contributed by atoms with van der Waals surface area (Å²) >= 11 is 7.21. The van der Waals surface area contributed by atoms with Crippen LogP contribution >= 0.6 is 22.9 Å². The minimum Gasteiger partial charge on any atom is -0.297 e. The molecule has 2 heterocycles. The fraction of sp³-hybridized carbons (Fsp3) is 0.200. The number of nitrogens with zero attached hydrogens (tertiary/aromatic N) is 1. The summed E-state index contributed by atoms with van der Waals surface area (Å²) in [4.78, 5) is 26.8. The molecule has 0 aliphatic heterocycles. The van der Waals surface area contributed by atoms with Crippen molar-refractivity contribution in [2.75, 3.05) is 0 Å². The lowest BCUT2D eigenvalue weighted by molar-refractivity contribution is 0.699. The standard InChI is InChI=1S/C10H9ClN2O2S/c1-6-8(11)12-10(15)13(9(6)14)5-7-3-2-4-16-7/h2-4H,5H2,1H3,(H,12,15). The van der Waals surface area contributed by atoms with E-state index in [0.717, 1.165) is 9.44 Å². The molecular weight excluding hydrogens is 248 g/mol. The smallest absolute Gasteiger partial charge is 0.297 e. The monoisotopic (exact) mass is 256 g/mol. The van der Waals surface area contributed by atoms with E-state index in [1.165, 1.54) is 11.3 Å². The van der Waals surface area contributed by atoms with E-state index < -0.39 is 5.69 Å². The van der Waals surface area contributed by atoms with Gasteiger partial charge in [0, 0.05) is 10.4 Å². The number of hydrogen-bond acceptors (Lipinski definition) is 3. The lowest BCUT2D eigenvalue weighted by Gasteiger charge is -2.04. The molecule has 0 amide bonds. The molecule has 0 aromatic carbocycles. The highest BCUT2D eigenvalue weighted by Crippen LogP contribution is 2.09. The molecule has 84 valence electrons. The van der Waals surface area contributed by atoms with Gasteiger partial charge in [0.15, 0.2) is 0 Å². The zero-order valence-electron chi connectivity index (χ0n) is 8.49. The van der Waals surface area contributed by atoms with Gasteiger partial charge in [0.2, 0.25) is 0 Å². The van der Waals surface area contributed by atoms with Crippen LogP contribution in [0.2, 0.25) is 5.15 Å². The Morgan fingerprint density at radius 3 is 2.88 bits per heavy atom. The summed E-state index contributed by atoms with van der Waals surface area (Å²) in [7, 11) is 0. The molecule has 0 bridgehead atoms. The number of H-pyrrole nitrogens is 1. The van der Waals surface area contributed by atoms with Crippen molar-refractivity contribution < 1.29 is 0 Å². The number of thiophene rings is 1. The molecule has 0 saturated heterocycles. The van der Waals surface area contributed by atoms with E-state index in [-0.39, 0.29) is 17.3 Å². The second kappa shape index (κ2) is 4.27. The van der Waals surface area contributed by atoms with Crippen molar-refractivity contribution in [1.82, 2.24) is 9.55 Å². The van der Waals surface area contributed by atoms with E-state index >= 15 is 0 Å². The average molecular weight is 257 g/mol. The lowest BCUT2D eigenvalue weighted by Crippen LogP contribution is -2.36. The Morgan fingerprint density at radius 1 is 1.50 bits per heavy atom. The first kappa shape index (κ1) is 11.2. The van der Waals surface area contributed by atoms with E-state index in [0.29, 0.717) is 5.56 Å². The number of rotatable bonds is 2. The summed E-state index contributed by atoms with van der Waals surface area (Å²) in [6.07, 6.45) is 0. The third-order valence-electron chi connectivity index (χ3n) is 2.25. The second-order valence-corrected chi connectivity index (χ2v) is 4.75. The van der Waals surface area contributed by atoms with Crippen LogP contribution in [0.4, 0.5) is 0 Å². The number of aromatic amines is 1. The van der Waals surface area contributed by atoms with Crippen LogP contribution in [0.25, 0.3) is 0 Å². The number of hydrogen-bond donors (Lipinski definition) is 1. The summed E-state index contributed by atoms with van der Waals surface area (Å²) in [5, 5.41) is 2.01. The van der Waals surface area contributed by atoms with Gasteiger partial charge in [-0.3, -0.25) is 14.3 Å². The van der Waals surface area contributed by atoms with Crippen molar-refractivity contribution in [2.45, 2.75) is 13.5 Å². The fourth-order valence-corrected chi connectivity index (χ4v) is 2.20. The molecular formula is C10H9ClN2O2S. The van der Waals surface area contributed by atoms with Gasteiger partial charge in [0.1, 0.15) is 5.15 Å².